The molecule has 1 saturated heterocycles. The third kappa shape index (κ3) is 4.08. The summed E-state index contributed by atoms with van der Waals surface area (Å²) in [4.78, 5) is 31.8. The Bertz CT molecular complexity index is 1240. The minimum absolute atomic E-state index is 0.276. The summed E-state index contributed by atoms with van der Waals surface area (Å²) in [6.07, 6.45) is 1.96. The molecule has 2 aromatic heterocycles. The second kappa shape index (κ2) is 9.10. The van der Waals surface area contributed by atoms with Crippen LogP contribution in [0, 0.1) is 5.92 Å². The zero-order chi connectivity index (χ0) is 23.5. The van der Waals surface area contributed by atoms with Crippen LogP contribution in [0.25, 0.3) is 0 Å². The van der Waals surface area contributed by atoms with Gasteiger partial charge in [-0.15, -0.1) is 10.2 Å². The molecule has 4 N–H and O–H groups in total. The number of urea groups is 1. The maximum Gasteiger partial charge on any atom is 0.325 e. The number of benzene rings is 2. The number of nitrogens with two attached hydrogens (primary N) is 1. The first kappa shape index (κ1) is 21.3. The molecule has 0 saturated carbocycles. The van der Waals surface area contributed by atoms with Crippen LogP contribution in [0.2, 0.25) is 0 Å². The number of amides is 3. The summed E-state index contributed by atoms with van der Waals surface area (Å²) in [5, 5.41) is 17.2. The number of nitrogens with one attached hydrogen (secondary N) is 2. The van der Waals surface area contributed by atoms with Gasteiger partial charge in [-0.2, -0.15) is 5.21 Å². The summed E-state index contributed by atoms with van der Waals surface area (Å²) in [7, 11) is 0. The Kier molecular flexibility index (Phi) is 5.69. The zero-order valence-electron chi connectivity index (χ0n) is 18.1. The molecule has 0 unspecified atom stereocenters. The van der Waals surface area contributed by atoms with Gasteiger partial charge in [-0.05, 0) is 35.2 Å². The highest BCUT2D eigenvalue weighted by molar-refractivity contribution is 6.01. The Balaban J connectivity index is 1.42. The number of nitrogen functional groups attached to an aromatic ring is 1. The van der Waals surface area contributed by atoms with Crippen molar-refractivity contribution < 1.29 is 9.59 Å². The highest BCUT2D eigenvalue weighted by Crippen LogP contribution is 2.41. The standard InChI is InChI=1S/C24H22N8O2/c25-19-14-15(11-12-26-19)13-18-21(22-28-30-31-29-22)32(23(18)33)24(34)27-20(16-7-3-1-4-8-16)17-9-5-2-6-10-17/h1-12,14,18,20-21H,13H2,(H2,25,26)(H,27,34)(H,28,29,30,31)/t18-,21+/m1/s1. The van der Waals surface area contributed by atoms with Gasteiger partial charge in [-0.3, -0.25) is 9.69 Å². The summed E-state index contributed by atoms with van der Waals surface area (Å²) < 4.78 is 0. The molecule has 2 atom stereocenters. The van der Waals surface area contributed by atoms with Gasteiger partial charge in [0.15, 0.2) is 5.82 Å². The van der Waals surface area contributed by atoms with Crippen LogP contribution in [0.4, 0.5) is 10.6 Å². The number of carbonyl (C=O) groups is 2. The van der Waals surface area contributed by atoms with Crippen LogP contribution in [0.3, 0.4) is 0 Å². The Hall–Kier alpha value is -4.60. The molecule has 170 valence electrons. The maximum atomic E-state index is 13.4. The number of imide groups is 1. The number of β-lactam (4-membered cyclic amide) rings is 1. The van der Waals surface area contributed by atoms with Gasteiger partial charge in [0.2, 0.25) is 5.91 Å². The monoisotopic (exact) mass is 454 g/mol. The molecular formula is C24H22N8O2. The number of hydrogen-bond donors (Lipinski definition) is 3. The Morgan fingerprint density at radius 3 is 2.32 bits per heavy atom. The van der Waals surface area contributed by atoms with E-state index in [0.29, 0.717) is 12.2 Å². The van der Waals surface area contributed by atoms with Gasteiger partial charge < -0.3 is 11.1 Å². The number of nitrogens with zero attached hydrogens (tertiary/aromatic N) is 5. The molecule has 4 aromatic rings. The molecule has 0 spiro atoms. The number of pyridine rings is 1. The van der Waals surface area contributed by atoms with E-state index in [1.807, 2.05) is 60.7 Å². The van der Waals surface area contributed by atoms with Gasteiger partial charge in [-0.1, -0.05) is 65.9 Å². The van der Waals surface area contributed by atoms with Gasteiger partial charge in [0, 0.05) is 6.20 Å². The summed E-state index contributed by atoms with van der Waals surface area (Å²) in [6, 6.07) is 21.1. The van der Waals surface area contributed by atoms with Crippen molar-refractivity contribution in [2.24, 2.45) is 5.92 Å². The molecule has 2 aromatic carbocycles. The summed E-state index contributed by atoms with van der Waals surface area (Å²) in [5.74, 6) is -0.207. The second-order valence-corrected chi connectivity index (χ2v) is 8.03. The lowest BCUT2D eigenvalue weighted by atomic mass is 9.82. The Labute approximate surface area is 195 Å². The lowest BCUT2D eigenvalue weighted by Gasteiger charge is -2.44. The number of carbonyl (C=O) groups excluding carboxylic acids is 2. The van der Waals surface area contributed by atoms with Crippen molar-refractivity contribution in [2.75, 3.05) is 5.73 Å². The predicted molar refractivity (Wildman–Crippen MR) is 123 cm³/mol. The number of likely N-dealkylation sites (tertiary alicyclic amines) is 1. The van der Waals surface area contributed by atoms with E-state index >= 15 is 0 Å². The fraction of sp³-hybridized carbons (Fsp3) is 0.167. The SMILES string of the molecule is Nc1cc(C[C@H]2C(=O)N(C(=O)NC(c3ccccc3)c3ccccc3)[C@@H]2c2nn[nH]n2)ccn1. The van der Waals surface area contributed by atoms with Gasteiger partial charge in [0.1, 0.15) is 11.9 Å². The third-order valence-corrected chi connectivity index (χ3v) is 5.89. The average Bonchev–Trinajstić information content (AvgIpc) is 3.39. The Morgan fingerprint density at radius 2 is 1.74 bits per heavy atom. The van der Waals surface area contributed by atoms with Crippen LogP contribution < -0.4 is 11.1 Å². The third-order valence-electron chi connectivity index (χ3n) is 5.89. The zero-order valence-corrected chi connectivity index (χ0v) is 18.1. The molecule has 0 radical (unpaired) electrons. The van der Waals surface area contributed by atoms with Crippen molar-refractivity contribution in [2.45, 2.75) is 18.5 Å². The van der Waals surface area contributed by atoms with Crippen LogP contribution in [0.1, 0.15) is 34.6 Å². The number of H-pyrrole nitrogens is 1. The van der Waals surface area contributed by atoms with E-state index in [1.54, 1.807) is 18.3 Å². The van der Waals surface area contributed by atoms with Crippen molar-refractivity contribution in [3.63, 3.8) is 0 Å². The van der Waals surface area contributed by atoms with Gasteiger partial charge in [0.25, 0.3) is 0 Å². The van der Waals surface area contributed by atoms with E-state index in [0.717, 1.165) is 16.7 Å². The number of aromatic amines is 1. The van der Waals surface area contributed by atoms with Crippen molar-refractivity contribution >= 4 is 17.8 Å². The molecule has 3 heterocycles. The highest BCUT2D eigenvalue weighted by Gasteiger charge is 2.53. The van der Waals surface area contributed by atoms with Crippen molar-refractivity contribution in [3.8, 4) is 0 Å². The van der Waals surface area contributed by atoms with Crippen molar-refractivity contribution in [3.05, 3.63) is 102 Å². The van der Waals surface area contributed by atoms with E-state index in [-0.39, 0.29) is 11.7 Å². The number of aromatic nitrogens is 5. The first-order valence-corrected chi connectivity index (χ1v) is 10.8. The number of hydrogen-bond acceptors (Lipinski definition) is 7. The summed E-state index contributed by atoms with van der Waals surface area (Å²) in [5.41, 5.74) is 8.42. The molecular weight excluding hydrogens is 432 g/mol. The molecule has 3 amide bonds. The van der Waals surface area contributed by atoms with E-state index in [1.165, 1.54) is 4.90 Å². The van der Waals surface area contributed by atoms with Crippen LogP contribution in [0.5, 0.6) is 0 Å². The fourth-order valence-electron chi connectivity index (χ4n) is 4.28. The largest absolute Gasteiger partial charge is 0.384 e. The van der Waals surface area contributed by atoms with E-state index in [2.05, 4.69) is 30.9 Å². The maximum absolute atomic E-state index is 13.4. The lowest BCUT2D eigenvalue weighted by Crippen LogP contribution is -2.61. The molecule has 5 rings (SSSR count). The van der Waals surface area contributed by atoms with Gasteiger partial charge in [-0.25, -0.2) is 9.78 Å². The van der Waals surface area contributed by atoms with Gasteiger partial charge >= 0.3 is 6.03 Å². The molecule has 1 aliphatic rings. The Morgan fingerprint density at radius 1 is 1.06 bits per heavy atom. The van der Waals surface area contributed by atoms with Crippen LogP contribution >= 0.6 is 0 Å². The van der Waals surface area contributed by atoms with Gasteiger partial charge in [0.05, 0.1) is 12.0 Å². The van der Waals surface area contributed by atoms with Crippen molar-refractivity contribution in [1.29, 1.82) is 0 Å². The average molecular weight is 454 g/mol. The fourth-order valence-corrected chi connectivity index (χ4v) is 4.28. The first-order valence-electron chi connectivity index (χ1n) is 10.8. The van der Waals surface area contributed by atoms with E-state index < -0.39 is 24.0 Å². The topological polar surface area (TPSA) is 143 Å². The van der Waals surface area contributed by atoms with Crippen LogP contribution in [0.15, 0.2) is 79.0 Å². The number of rotatable bonds is 6. The number of anilines is 1. The molecule has 10 heteroatoms. The molecule has 34 heavy (non-hydrogen) atoms. The summed E-state index contributed by atoms with van der Waals surface area (Å²) in [6.45, 7) is 0. The van der Waals surface area contributed by atoms with E-state index in [9.17, 15) is 9.59 Å². The quantitative estimate of drug-likeness (QED) is 0.380. The first-order chi connectivity index (χ1) is 16.6. The smallest absolute Gasteiger partial charge is 0.325 e. The summed E-state index contributed by atoms with van der Waals surface area (Å²) >= 11 is 0. The van der Waals surface area contributed by atoms with E-state index in [4.69, 9.17) is 5.73 Å². The molecule has 0 aliphatic carbocycles. The number of tetrazole rings is 1. The molecule has 1 aliphatic heterocycles. The lowest BCUT2D eigenvalue weighted by molar-refractivity contribution is -0.151. The minimum Gasteiger partial charge on any atom is -0.384 e. The molecule has 1 fully saturated rings. The predicted octanol–water partition coefficient (Wildman–Crippen LogP) is 2.42. The molecule has 0 bridgehead atoms. The minimum atomic E-state index is -0.659. The highest BCUT2D eigenvalue weighted by atomic mass is 16.2. The normalized spacial score (nSPS) is 17.4. The van der Waals surface area contributed by atoms with Crippen molar-refractivity contribution in [1.82, 2.24) is 35.8 Å². The van der Waals surface area contributed by atoms with Crippen LogP contribution in [-0.4, -0.2) is 42.4 Å². The molecule has 10 nitrogen and oxygen atoms in total. The van der Waals surface area contributed by atoms with Crippen LogP contribution in [-0.2, 0) is 11.2 Å². The second-order valence-electron chi connectivity index (χ2n) is 8.03.